The van der Waals surface area contributed by atoms with Gasteiger partial charge in [-0.05, 0) is 31.2 Å². The van der Waals surface area contributed by atoms with E-state index in [-0.39, 0.29) is 18.4 Å². The maximum atomic E-state index is 12.2. The minimum atomic E-state index is -0.347. The summed E-state index contributed by atoms with van der Waals surface area (Å²) < 4.78 is 10.9. The van der Waals surface area contributed by atoms with E-state index >= 15 is 0 Å². The molecule has 0 bridgehead atoms. The zero-order valence-corrected chi connectivity index (χ0v) is 14.2. The Morgan fingerprint density at radius 2 is 1.64 bits per heavy atom. The molecule has 0 aromatic heterocycles. The van der Waals surface area contributed by atoms with Crippen molar-refractivity contribution in [3.63, 3.8) is 0 Å². The molecule has 0 spiro atoms. The number of carbonyl (C=O) groups is 2. The molecule has 0 heterocycles. The molecule has 2 rings (SSSR count). The number of carbonyl (C=O) groups excluding carboxylic acids is 2. The highest BCUT2D eigenvalue weighted by molar-refractivity contribution is 5.98. The number of hydrogen-bond acceptors (Lipinski definition) is 4. The van der Waals surface area contributed by atoms with Crippen LogP contribution in [-0.2, 0) is 4.79 Å². The van der Waals surface area contributed by atoms with Gasteiger partial charge in [0.05, 0.1) is 25.3 Å². The second-order valence-electron chi connectivity index (χ2n) is 5.12. The zero-order chi connectivity index (χ0) is 17.9. The van der Waals surface area contributed by atoms with E-state index in [1.165, 1.54) is 0 Å². The Balaban J connectivity index is 1.70. The number of rotatable bonds is 9. The molecule has 0 unspecified atom stereocenters. The summed E-state index contributed by atoms with van der Waals surface area (Å²) in [4.78, 5) is 24.0. The van der Waals surface area contributed by atoms with E-state index in [1.807, 2.05) is 37.3 Å². The van der Waals surface area contributed by atoms with Crippen molar-refractivity contribution in [1.82, 2.24) is 10.6 Å². The third kappa shape index (κ3) is 6.18. The molecule has 0 aliphatic rings. The van der Waals surface area contributed by atoms with Crippen LogP contribution < -0.4 is 20.1 Å². The van der Waals surface area contributed by atoms with Gasteiger partial charge in [-0.1, -0.05) is 30.3 Å². The molecule has 2 aromatic rings. The average molecular weight is 342 g/mol. The molecule has 2 N–H and O–H groups in total. The predicted octanol–water partition coefficient (Wildman–Crippen LogP) is 2.01. The molecule has 6 nitrogen and oxygen atoms in total. The molecular formula is C19H22N2O4. The van der Waals surface area contributed by atoms with E-state index < -0.39 is 0 Å². The maximum Gasteiger partial charge on any atom is 0.255 e. The number of hydrogen-bond donors (Lipinski definition) is 2. The lowest BCUT2D eigenvalue weighted by atomic mass is 10.2. The predicted molar refractivity (Wildman–Crippen MR) is 94.9 cm³/mol. The van der Waals surface area contributed by atoms with Crippen LogP contribution in [0, 0.1) is 0 Å². The fourth-order valence-corrected chi connectivity index (χ4v) is 2.13. The van der Waals surface area contributed by atoms with Crippen LogP contribution in [0.15, 0.2) is 54.6 Å². The average Bonchev–Trinajstić information content (AvgIpc) is 2.65. The van der Waals surface area contributed by atoms with Crippen molar-refractivity contribution >= 4 is 11.8 Å². The van der Waals surface area contributed by atoms with Crippen LogP contribution >= 0.6 is 0 Å². The standard InChI is InChI=1S/C19H22N2O4/c1-2-24-17-11-7-6-10-16(17)19(23)21-14-18(22)20-12-13-25-15-8-4-3-5-9-15/h3-11H,2,12-14H2,1H3,(H,20,22)(H,21,23). The summed E-state index contributed by atoms with van der Waals surface area (Å²) in [5, 5.41) is 5.27. The van der Waals surface area contributed by atoms with Crippen molar-refractivity contribution in [1.29, 1.82) is 0 Å². The van der Waals surface area contributed by atoms with Gasteiger partial charge in [-0.25, -0.2) is 0 Å². The third-order valence-corrected chi connectivity index (χ3v) is 3.28. The summed E-state index contributed by atoms with van der Waals surface area (Å²) >= 11 is 0. The summed E-state index contributed by atoms with van der Waals surface area (Å²) in [5.74, 6) is 0.621. The molecule has 132 valence electrons. The van der Waals surface area contributed by atoms with E-state index in [0.717, 1.165) is 5.75 Å². The van der Waals surface area contributed by atoms with E-state index in [1.54, 1.807) is 24.3 Å². The molecule has 0 fully saturated rings. The Morgan fingerprint density at radius 3 is 2.40 bits per heavy atom. The minimum Gasteiger partial charge on any atom is -0.493 e. The Morgan fingerprint density at radius 1 is 0.920 bits per heavy atom. The van der Waals surface area contributed by atoms with Crippen LogP contribution in [0.1, 0.15) is 17.3 Å². The van der Waals surface area contributed by atoms with E-state index in [9.17, 15) is 9.59 Å². The molecule has 0 atom stereocenters. The van der Waals surface area contributed by atoms with Crippen LogP contribution in [0.2, 0.25) is 0 Å². The summed E-state index contributed by atoms with van der Waals surface area (Å²) in [7, 11) is 0. The van der Waals surface area contributed by atoms with Gasteiger partial charge in [0.15, 0.2) is 0 Å². The zero-order valence-electron chi connectivity index (χ0n) is 14.2. The quantitative estimate of drug-likeness (QED) is 0.684. The first-order valence-electron chi connectivity index (χ1n) is 8.15. The lowest BCUT2D eigenvalue weighted by Gasteiger charge is -2.11. The van der Waals surface area contributed by atoms with Crippen LogP contribution in [0.5, 0.6) is 11.5 Å². The normalized spacial score (nSPS) is 9.96. The van der Waals surface area contributed by atoms with Crippen molar-refractivity contribution in [3.05, 3.63) is 60.2 Å². The van der Waals surface area contributed by atoms with E-state index in [2.05, 4.69) is 10.6 Å². The van der Waals surface area contributed by atoms with Gasteiger partial charge in [-0.15, -0.1) is 0 Å². The van der Waals surface area contributed by atoms with Crippen LogP contribution in [0.4, 0.5) is 0 Å². The van der Waals surface area contributed by atoms with Gasteiger partial charge in [0.25, 0.3) is 5.91 Å². The highest BCUT2D eigenvalue weighted by atomic mass is 16.5. The molecule has 0 saturated heterocycles. The van der Waals surface area contributed by atoms with Crippen molar-refractivity contribution in [2.45, 2.75) is 6.92 Å². The summed E-state index contributed by atoms with van der Waals surface area (Å²) in [6, 6.07) is 16.3. The first-order valence-corrected chi connectivity index (χ1v) is 8.15. The summed E-state index contributed by atoms with van der Waals surface area (Å²) in [6.45, 7) is 2.92. The number of benzene rings is 2. The monoisotopic (exact) mass is 342 g/mol. The first-order chi connectivity index (χ1) is 12.2. The molecular weight excluding hydrogens is 320 g/mol. The molecule has 0 aliphatic heterocycles. The lowest BCUT2D eigenvalue weighted by molar-refractivity contribution is -0.120. The van der Waals surface area contributed by atoms with E-state index in [0.29, 0.717) is 31.1 Å². The lowest BCUT2D eigenvalue weighted by Crippen LogP contribution is -2.38. The number of ether oxygens (including phenoxy) is 2. The summed E-state index contributed by atoms with van der Waals surface area (Å²) in [5.41, 5.74) is 0.407. The third-order valence-electron chi connectivity index (χ3n) is 3.28. The molecule has 2 amide bonds. The largest absolute Gasteiger partial charge is 0.493 e. The van der Waals surface area contributed by atoms with Gasteiger partial charge in [0, 0.05) is 0 Å². The Labute approximate surface area is 147 Å². The van der Waals surface area contributed by atoms with E-state index in [4.69, 9.17) is 9.47 Å². The molecule has 6 heteroatoms. The van der Waals surface area contributed by atoms with Gasteiger partial charge >= 0.3 is 0 Å². The van der Waals surface area contributed by atoms with Gasteiger partial charge in [-0.2, -0.15) is 0 Å². The fourth-order valence-electron chi connectivity index (χ4n) is 2.13. The second-order valence-corrected chi connectivity index (χ2v) is 5.12. The highest BCUT2D eigenvalue weighted by Crippen LogP contribution is 2.17. The summed E-state index contributed by atoms with van der Waals surface area (Å²) in [6.07, 6.45) is 0. The smallest absolute Gasteiger partial charge is 0.255 e. The Bertz CT molecular complexity index is 689. The van der Waals surface area contributed by atoms with Crippen molar-refractivity contribution in [3.8, 4) is 11.5 Å². The molecule has 25 heavy (non-hydrogen) atoms. The topological polar surface area (TPSA) is 76.7 Å². The van der Waals surface area contributed by atoms with Crippen molar-refractivity contribution < 1.29 is 19.1 Å². The number of para-hydroxylation sites is 2. The Kier molecular flexibility index (Phi) is 7.31. The number of nitrogens with one attached hydrogen (secondary N) is 2. The molecule has 0 aliphatic carbocycles. The van der Waals surface area contributed by atoms with Gasteiger partial charge in [-0.3, -0.25) is 9.59 Å². The van der Waals surface area contributed by atoms with Crippen LogP contribution in [0.3, 0.4) is 0 Å². The molecule has 0 saturated carbocycles. The van der Waals surface area contributed by atoms with Crippen LogP contribution in [0.25, 0.3) is 0 Å². The maximum absolute atomic E-state index is 12.2. The minimum absolute atomic E-state index is 0.107. The Hall–Kier alpha value is -3.02. The highest BCUT2D eigenvalue weighted by Gasteiger charge is 2.12. The fraction of sp³-hybridized carbons (Fsp3) is 0.263. The second kappa shape index (κ2) is 9.97. The van der Waals surface area contributed by atoms with Gasteiger partial charge in [0.1, 0.15) is 18.1 Å². The molecule has 0 radical (unpaired) electrons. The van der Waals surface area contributed by atoms with Crippen LogP contribution in [-0.4, -0.2) is 38.1 Å². The SMILES string of the molecule is CCOc1ccccc1C(=O)NCC(=O)NCCOc1ccccc1. The number of amides is 2. The van der Waals surface area contributed by atoms with Crippen molar-refractivity contribution in [2.75, 3.05) is 26.3 Å². The molecule has 2 aromatic carbocycles. The van der Waals surface area contributed by atoms with Gasteiger partial charge < -0.3 is 20.1 Å². The first kappa shape index (κ1) is 18.3. The van der Waals surface area contributed by atoms with Crippen molar-refractivity contribution in [2.24, 2.45) is 0 Å². The van der Waals surface area contributed by atoms with Gasteiger partial charge in [0.2, 0.25) is 5.91 Å².